The van der Waals surface area contributed by atoms with Crippen molar-refractivity contribution in [3.05, 3.63) is 127 Å². The maximum atomic E-state index is 14.1. The zero-order valence-electron chi connectivity index (χ0n) is 35.8. The third kappa shape index (κ3) is 14.8. The molecule has 2 aromatic heterocycles. The average molecular weight is 819 g/mol. The molecule has 0 unspecified atom stereocenters. The van der Waals surface area contributed by atoms with Gasteiger partial charge in [-0.25, -0.2) is 32.5 Å². The van der Waals surface area contributed by atoms with Crippen molar-refractivity contribution in [2.24, 2.45) is 0 Å². The summed E-state index contributed by atoms with van der Waals surface area (Å²) in [6, 6.07) is 19.6. The van der Waals surface area contributed by atoms with E-state index in [1.54, 1.807) is 15.6 Å². The molecule has 59 heavy (non-hydrogen) atoms. The summed E-state index contributed by atoms with van der Waals surface area (Å²) in [4.78, 5) is 21.7. The fraction of sp³-hybridized carbons (Fsp3) is 0.467. The highest BCUT2D eigenvalue weighted by molar-refractivity contribution is 5.54. The van der Waals surface area contributed by atoms with E-state index < -0.39 is 17.9 Å². The Morgan fingerprint density at radius 1 is 0.763 bits per heavy atom. The van der Waals surface area contributed by atoms with Crippen molar-refractivity contribution in [3.8, 4) is 11.4 Å². The fourth-order valence-corrected chi connectivity index (χ4v) is 6.17. The minimum absolute atomic E-state index is 0.0898. The predicted octanol–water partition coefficient (Wildman–Crippen LogP) is 9.25. The summed E-state index contributed by atoms with van der Waals surface area (Å²) >= 11 is 0. The lowest BCUT2D eigenvalue weighted by Gasteiger charge is -2.37. The van der Waals surface area contributed by atoms with E-state index in [-0.39, 0.29) is 38.1 Å². The number of anilines is 2. The molecule has 3 aromatic carbocycles. The Balaban J connectivity index is 0.00000108. The molecule has 0 radical (unpaired) electrons. The van der Waals surface area contributed by atoms with E-state index in [9.17, 15) is 13.6 Å². The van der Waals surface area contributed by atoms with Gasteiger partial charge in [0.05, 0.1) is 18.3 Å². The molecule has 2 atom stereocenters. The lowest BCUT2D eigenvalue weighted by Crippen LogP contribution is -2.46. The average Bonchev–Trinajstić information content (AvgIpc) is 3.96. The maximum absolute atomic E-state index is 14.1. The lowest BCUT2D eigenvalue weighted by atomic mass is 10.1. The standard InChI is InChI=1S/C37H44F2N8O4.C4H10.C2H6.C2H4/c1-3-5-30(4-2)47-37(48)46(26-42-47)33-10-8-31(9-11-33)43-17-19-44(20-18-43)32-12-14-34(15-13-32)50-23-36(51-27-45-25-40-24-41-45)49-21-16-28-6-7-29(38)22-35(28)39;1-3-4-2;2*1-2/h6-15,22,24-26,30,36H,3-5,16-21,23,27H2,1-2H3;3-4H2,1-2H3;1-2H3;1-2H2/t30-,36+;;;/m1.../s1. The molecule has 12 nitrogen and oxygen atoms in total. The first-order chi connectivity index (χ1) is 28.8. The van der Waals surface area contributed by atoms with Crippen LogP contribution in [0, 0.1) is 11.6 Å². The molecule has 0 N–H and O–H groups in total. The number of halogens is 2. The van der Waals surface area contributed by atoms with Crippen molar-refractivity contribution in [2.75, 3.05) is 49.2 Å². The van der Waals surface area contributed by atoms with Crippen LogP contribution < -0.4 is 20.2 Å². The second-order valence-corrected chi connectivity index (χ2v) is 13.4. The SMILES string of the molecule is C=C.CC.CCCC.CCC[C@@H](CC)n1ncn(-c2ccc(N3CCN(c4ccc(OC[C@@H](OCCc5ccc(F)cc5F)OCn5cncn5)cc4)CC3)cc2)c1=O. The number of nitrogens with zero attached hydrogens (tertiary/aromatic N) is 8. The molecular formula is C45H64F2N8O4. The molecule has 3 heterocycles. The number of hydrogen-bond acceptors (Lipinski definition) is 9. The molecule has 5 aromatic rings. The highest BCUT2D eigenvalue weighted by atomic mass is 19.1. The van der Waals surface area contributed by atoms with Crippen LogP contribution in [0.5, 0.6) is 5.75 Å². The van der Waals surface area contributed by atoms with Gasteiger partial charge in [0.2, 0.25) is 0 Å². The number of ether oxygens (including phenoxy) is 3. The second-order valence-electron chi connectivity index (χ2n) is 13.4. The van der Waals surface area contributed by atoms with E-state index in [0.29, 0.717) is 11.3 Å². The zero-order valence-corrected chi connectivity index (χ0v) is 35.8. The number of rotatable bonds is 18. The quantitative estimate of drug-likeness (QED) is 0.0632. The number of unbranched alkanes of at least 4 members (excludes halogenated alkanes) is 1. The molecule has 0 aliphatic carbocycles. The maximum Gasteiger partial charge on any atom is 0.350 e. The number of aromatic nitrogens is 6. The van der Waals surface area contributed by atoms with E-state index in [0.717, 1.165) is 68.6 Å². The van der Waals surface area contributed by atoms with E-state index in [1.165, 1.54) is 42.3 Å². The van der Waals surface area contributed by atoms with Gasteiger partial charge in [-0.2, -0.15) is 10.2 Å². The number of piperazine rings is 1. The summed E-state index contributed by atoms with van der Waals surface area (Å²) in [6.07, 6.45) is 9.48. The van der Waals surface area contributed by atoms with Crippen LogP contribution in [0.2, 0.25) is 0 Å². The Kier molecular flexibility index (Phi) is 21.7. The van der Waals surface area contributed by atoms with Crippen LogP contribution in [-0.2, 0) is 22.6 Å². The van der Waals surface area contributed by atoms with Gasteiger partial charge in [-0.3, -0.25) is 0 Å². The molecule has 1 fully saturated rings. The summed E-state index contributed by atoms with van der Waals surface area (Å²) in [5, 5.41) is 8.44. The van der Waals surface area contributed by atoms with Crippen molar-refractivity contribution in [1.82, 2.24) is 29.1 Å². The molecule has 1 aliphatic rings. The molecule has 0 spiro atoms. The van der Waals surface area contributed by atoms with Gasteiger partial charge in [0, 0.05) is 43.6 Å². The second kappa shape index (κ2) is 26.6. The summed E-state index contributed by atoms with van der Waals surface area (Å²) < 4.78 is 49.8. The third-order valence-corrected chi connectivity index (χ3v) is 9.54. The van der Waals surface area contributed by atoms with Gasteiger partial charge in [-0.15, -0.1) is 13.2 Å². The Hall–Kier alpha value is -5.34. The smallest absolute Gasteiger partial charge is 0.350 e. The Bertz CT molecular complexity index is 1910. The van der Waals surface area contributed by atoms with Gasteiger partial charge in [-0.1, -0.05) is 66.9 Å². The highest BCUT2D eigenvalue weighted by Gasteiger charge is 2.20. The minimum atomic E-state index is -0.766. The van der Waals surface area contributed by atoms with E-state index in [4.69, 9.17) is 14.2 Å². The molecule has 322 valence electrons. The van der Waals surface area contributed by atoms with Crippen LogP contribution in [0.15, 0.2) is 104 Å². The van der Waals surface area contributed by atoms with Gasteiger partial charge >= 0.3 is 5.69 Å². The first kappa shape index (κ1) is 48.0. The summed E-state index contributed by atoms with van der Waals surface area (Å²) in [7, 11) is 0. The molecular weight excluding hydrogens is 755 g/mol. The molecule has 0 bridgehead atoms. The van der Waals surface area contributed by atoms with Crippen molar-refractivity contribution in [1.29, 1.82) is 0 Å². The van der Waals surface area contributed by atoms with Crippen molar-refractivity contribution < 1.29 is 23.0 Å². The Labute approximate surface area is 349 Å². The normalized spacial score (nSPS) is 13.2. The minimum Gasteiger partial charge on any atom is -0.488 e. The molecule has 0 amide bonds. The van der Waals surface area contributed by atoms with Crippen LogP contribution >= 0.6 is 0 Å². The number of benzene rings is 3. The zero-order chi connectivity index (χ0) is 43.0. The molecule has 14 heteroatoms. The van der Waals surface area contributed by atoms with E-state index >= 15 is 0 Å². The predicted molar refractivity (Wildman–Crippen MR) is 233 cm³/mol. The molecule has 6 rings (SSSR count). The summed E-state index contributed by atoms with van der Waals surface area (Å²) in [6.45, 7) is 22.3. The van der Waals surface area contributed by atoms with Gasteiger partial charge < -0.3 is 24.0 Å². The number of hydrogen-bond donors (Lipinski definition) is 0. The monoisotopic (exact) mass is 819 g/mol. The largest absolute Gasteiger partial charge is 0.488 e. The Morgan fingerprint density at radius 2 is 1.37 bits per heavy atom. The van der Waals surface area contributed by atoms with Crippen LogP contribution in [-0.4, -0.2) is 74.8 Å². The van der Waals surface area contributed by atoms with Gasteiger partial charge in [0.25, 0.3) is 0 Å². The molecule has 1 aliphatic heterocycles. The van der Waals surface area contributed by atoms with Gasteiger partial charge in [-0.05, 0) is 79.4 Å². The fourth-order valence-electron chi connectivity index (χ4n) is 6.17. The van der Waals surface area contributed by atoms with Crippen LogP contribution in [0.3, 0.4) is 0 Å². The van der Waals surface area contributed by atoms with Crippen LogP contribution in [0.4, 0.5) is 20.2 Å². The first-order valence-electron chi connectivity index (χ1n) is 20.8. The Morgan fingerprint density at radius 3 is 1.92 bits per heavy atom. The van der Waals surface area contributed by atoms with Gasteiger partial charge in [0.15, 0.2) is 6.29 Å². The van der Waals surface area contributed by atoms with E-state index in [2.05, 4.69) is 78.0 Å². The summed E-state index contributed by atoms with van der Waals surface area (Å²) in [5.41, 5.74) is 3.27. The lowest BCUT2D eigenvalue weighted by molar-refractivity contribution is -0.178. The van der Waals surface area contributed by atoms with E-state index in [1.807, 2.05) is 50.2 Å². The van der Waals surface area contributed by atoms with Gasteiger partial charge in [0.1, 0.15) is 49.7 Å². The third-order valence-electron chi connectivity index (χ3n) is 9.54. The molecule has 1 saturated heterocycles. The summed E-state index contributed by atoms with van der Waals surface area (Å²) in [5.74, 6) is -0.583. The first-order valence-corrected chi connectivity index (χ1v) is 20.8. The van der Waals surface area contributed by atoms with Crippen molar-refractivity contribution >= 4 is 11.4 Å². The van der Waals surface area contributed by atoms with Crippen molar-refractivity contribution in [3.63, 3.8) is 0 Å². The van der Waals surface area contributed by atoms with Crippen molar-refractivity contribution in [2.45, 2.75) is 99.1 Å². The van der Waals surface area contributed by atoms with Crippen LogP contribution in [0.1, 0.15) is 85.3 Å². The highest BCUT2D eigenvalue weighted by Crippen LogP contribution is 2.24. The van der Waals surface area contributed by atoms with Crippen LogP contribution in [0.25, 0.3) is 5.69 Å². The molecule has 0 saturated carbocycles. The topological polar surface area (TPSA) is 105 Å².